The molecule has 0 aliphatic heterocycles. The summed E-state index contributed by atoms with van der Waals surface area (Å²) in [4.78, 5) is 28.3. The Morgan fingerprint density at radius 2 is 1.49 bits per heavy atom. The van der Waals surface area contributed by atoms with Crippen LogP contribution in [0.1, 0.15) is 31.9 Å². The molecular weight excluding hydrogens is 486 g/mol. The molecular formula is C29H35N3O4S. The molecule has 0 fully saturated rings. The average Bonchev–Trinajstić information content (AvgIpc) is 2.89. The van der Waals surface area contributed by atoms with E-state index in [0.717, 1.165) is 15.4 Å². The van der Waals surface area contributed by atoms with E-state index in [-0.39, 0.29) is 23.3 Å². The lowest BCUT2D eigenvalue weighted by Crippen LogP contribution is -2.51. The minimum atomic E-state index is -4.05. The van der Waals surface area contributed by atoms with Gasteiger partial charge in [0.25, 0.3) is 10.0 Å². The van der Waals surface area contributed by atoms with Crippen LogP contribution in [0.15, 0.2) is 89.8 Å². The standard InChI is InChI=1S/C29H35N3O4S/c1-22(2)19-30-29(34)24(4)31(20-25-13-7-5-8-14-25)28(33)21-32(26-15-11-12-23(3)18-26)37(35,36)27-16-9-6-10-17-27/h5-18,22,24H,19-21H2,1-4H3,(H,30,34)/t24-/m1/s1. The number of amides is 2. The van der Waals surface area contributed by atoms with Gasteiger partial charge in [0.2, 0.25) is 11.8 Å². The van der Waals surface area contributed by atoms with E-state index in [4.69, 9.17) is 0 Å². The van der Waals surface area contributed by atoms with Crippen LogP contribution in [0.2, 0.25) is 0 Å². The van der Waals surface area contributed by atoms with Crippen LogP contribution >= 0.6 is 0 Å². The van der Waals surface area contributed by atoms with Crippen LogP contribution in [-0.2, 0) is 26.2 Å². The minimum absolute atomic E-state index is 0.0849. The Morgan fingerprint density at radius 3 is 2.08 bits per heavy atom. The van der Waals surface area contributed by atoms with Crippen LogP contribution in [0, 0.1) is 12.8 Å². The lowest BCUT2D eigenvalue weighted by molar-refractivity contribution is -0.139. The summed E-state index contributed by atoms with van der Waals surface area (Å²) in [5.74, 6) is -0.509. The van der Waals surface area contributed by atoms with Crippen LogP contribution < -0.4 is 9.62 Å². The summed E-state index contributed by atoms with van der Waals surface area (Å²) < 4.78 is 28.6. The minimum Gasteiger partial charge on any atom is -0.354 e. The van der Waals surface area contributed by atoms with Crippen LogP contribution in [-0.4, -0.2) is 44.3 Å². The quantitative estimate of drug-likeness (QED) is 0.406. The Kier molecular flexibility index (Phi) is 9.47. The zero-order chi connectivity index (χ0) is 27.0. The van der Waals surface area contributed by atoms with Crippen molar-refractivity contribution < 1.29 is 18.0 Å². The number of benzene rings is 3. The van der Waals surface area contributed by atoms with Crippen molar-refractivity contribution in [3.63, 3.8) is 0 Å². The second-order valence-corrected chi connectivity index (χ2v) is 11.3. The number of carbonyl (C=O) groups excluding carboxylic acids is 2. The van der Waals surface area contributed by atoms with Gasteiger partial charge in [0.05, 0.1) is 10.6 Å². The number of rotatable bonds is 11. The number of anilines is 1. The van der Waals surface area contributed by atoms with Crippen molar-refractivity contribution in [3.8, 4) is 0 Å². The predicted octanol–water partition coefficient (Wildman–Crippen LogP) is 4.38. The van der Waals surface area contributed by atoms with E-state index in [1.165, 1.54) is 17.0 Å². The summed E-state index contributed by atoms with van der Waals surface area (Å²) in [5, 5.41) is 2.89. The van der Waals surface area contributed by atoms with Crippen LogP contribution in [0.4, 0.5) is 5.69 Å². The second kappa shape index (κ2) is 12.5. The summed E-state index contributed by atoms with van der Waals surface area (Å²) in [6.45, 7) is 7.71. The molecule has 0 saturated carbocycles. The largest absolute Gasteiger partial charge is 0.354 e. The van der Waals surface area contributed by atoms with Crippen molar-refractivity contribution >= 4 is 27.5 Å². The van der Waals surface area contributed by atoms with Gasteiger partial charge < -0.3 is 10.2 Å². The normalized spacial score (nSPS) is 12.1. The molecule has 0 heterocycles. The monoisotopic (exact) mass is 521 g/mol. The first-order chi connectivity index (χ1) is 17.6. The molecule has 1 N–H and O–H groups in total. The molecule has 8 heteroatoms. The van der Waals surface area contributed by atoms with E-state index in [1.807, 2.05) is 57.2 Å². The summed E-state index contributed by atoms with van der Waals surface area (Å²) in [7, 11) is -4.05. The van der Waals surface area contributed by atoms with Crippen molar-refractivity contribution in [2.45, 2.75) is 45.2 Å². The highest BCUT2D eigenvalue weighted by molar-refractivity contribution is 7.92. The van der Waals surface area contributed by atoms with E-state index in [2.05, 4.69) is 5.32 Å². The molecule has 0 spiro atoms. The molecule has 37 heavy (non-hydrogen) atoms. The molecule has 0 bridgehead atoms. The molecule has 3 aromatic carbocycles. The molecule has 3 aromatic rings. The van der Waals surface area contributed by atoms with Crippen molar-refractivity contribution in [2.24, 2.45) is 5.92 Å². The van der Waals surface area contributed by atoms with Gasteiger partial charge in [0.1, 0.15) is 12.6 Å². The number of nitrogens with one attached hydrogen (secondary N) is 1. The van der Waals surface area contributed by atoms with Gasteiger partial charge >= 0.3 is 0 Å². The molecule has 0 radical (unpaired) electrons. The zero-order valence-electron chi connectivity index (χ0n) is 21.8. The van der Waals surface area contributed by atoms with Crippen molar-refractivity contribution in [1.82, 2.24) is 10.2 Å². The van der Waals surface area contributed by atoms with E-state index < -0.39 is 28.5 Å². The van der Waals surface area contributed by atoms with Gasteiger partial charge in [-0.3, -0.25) is 13.9 Å². The number of hydrogen-bond donors (Lipinski definition) is 1. The van der Waals surface area contributed by atoms with Gasteiger partial charge in [0, 0.05) is 13.1 Å². The fraction of sp³-hybridized carbons (Fsp3) is 0.310. The Morgan fingerprint density at radius 1 is 0.865 bits per heavy atom. The first kappa shape index (κ1) is 27.9. The number of sulfonamides is 1. The Balaban J connectivity index is 1.98. The number of hydrogen-bond acceptors (Lipinski definition) is 4. The van der Waals surface area contributed by atoms with Crippen LogP contribution in [0.25, 0.3) is 0 Å². The third-order valence-corrected chi connectivity index (χ3v) is 7.74. The van der Waals surface area contributed by atoms with Gasteiger partial charge in [-0.05, 0) is 55.2 Å². The summed E-state index contributed by atoms with van der Waals surface area (Å²) >= 11 is 0. The first-order valence-electron chi connectivity index (χ1n) is 12.3. The summed E-state index contributed by atoms with van der Waals surface area (Å²) in [6.07, 6.45) is 0. The van der Waals surface area contributed by atoms with Crippen molar-refractivity contribution in [1.29, 1.82) is 0 Å². The highest BCUT2D eigenvalue weighted by Crippen LogP contribution is 2.25. The van der Waals surface area contributed by atoms with Gasteiger partial charge in [-0.2, -0.15) is 0 Å². The van der Waals surface area contributed by atoms with Gasteiger partial charge in [-0.15, -0.1) is 0 Å². The van der Waals surface area contributed by atoms with Gasteiger partial charge in [0.15, 0.2) is 0 Å². The van der Waals surface area contributed by atoms with E-state index >= 15 is 0 Å². The maximum absolute atomic E-state index is 13.8. The number of carbonyl (C=O) groups is 2. The molecule has 0 saturated heterocycles. The molecule has 196 valence electrons. The smallest absolute Gasteiger partial charge is 0.264 e. The fourth-order valence-electron chi connectivity index (χ4n) is 3.85. The molecule has 7 nitrogen and oxygen atoms in total. The van der Waals surface area contributed by atoms with E-state index in [1.54, 1.807) is 43.3 Å². The zero-order valence-corrected chi connectivity index (χ0v) is 22.6. The van der Waals surface area contributed by atoms with Crippen molar-refractivity contribution in [2.75, 3.05) is 17.4 Å². The summed E-state index contributed by atoms with van der Waals surface area (Å²) in [6, 6.07) is 23.6. The average molecular weight is 522 g/mol. The molecule has 0 unspecified atom stereocenters. The molecule has 0 aromatic heterocycles. The third kappa shape index (κ3) is 7.43. The second-order valence-electron chi connectivity index (χ2n) is 9.49. The lowest BCUT2D eigenvalue weighted by atomic mass is 10.1. The van der Waals surface area contributed by atoms with Crippen LogP contribution in [0.5, 0.6) is 0 Å². The number of aryl methyl sites for hydroxylation is 1. The fourth-order valence-corrected chi connectivity index (χ4v) is 5.27. The highest BCUT2D eigenvalue weighted by Gasteiger charge is 2.32. The molecule has 1 atom stereocenters. The maximum atomic E-state index is 13.8. The summed E-state index contributed by atoms with van der Waals surface area (Å²) in [5.41, 5.74) is 2.09. The Bertz CT molecular complexity index is 1290. The Hall–Kier alpha value is -3.65. The van der Waals surface area contributed by atoms with Gasteiger partial charge in [-0.25, -0.2) is 8.42 Å². The van der Waals surface area contributed by atoms with E-state index in [0.29, 0.717) is 12.2 Å². The van der Waals surface area contributed by atoms with E-state index in [9.17, 15) is 18.0 Å². The number of nitrogens with zero attached hydrogens (tertiary/aromatic N) is 2. The molecule has 3 rings (SSSR count). The SMILES string of the molecule is Cc1cccc(N(CC(=O)N(Cc2ccccc2)[C@H](C)C(=O)NCC(C)C)S(=O)(=O)c2ccccc2)c1. The topological polar surface area (TPSA) is 86.8 Å². The third-order valence-electron chi connectivity index (χ3n) is 5.95. The lowest BCUT2D eigenvalue weighted by Gasteiger charge is -2.32. The molecule has 2 amide bonds. The predicted molar refractivity (Wildman–Crippen MR) is 146 cm³/mol. The molecule has 0 aliphatic carbocycles. The van der Waals surface area contributed by atoms with Gasteiger partial charge in [-0.1, -0.05) is 74.5 Å². The first-order valence-corrected chi connectivity index (χ1v) is 13.8. The molecule has 0 aliphatic rings. The van der Waals surface area contributed by atoms with Crippen molar-refractivity contribution in [3.05, 3.63) is 96.1 Å². The maximum Gasteiger partial charge on any atom is 0.264 e. The highest BCUT2D eigenvalue weighted by atomic mass is 32.2. The van der Waals surface area contributed by atoms with Crippen LogP contribution in [0.3, 0.4) is 0 Å². The Labute approximate surface area is 220 Å².